The molecule has 2 N–H and O–H groups in total. The summed E-state index contributed by atoms with van der Waals surface area (Å²) < 4.78 is 5.42. The Bertz CT molecular complexity index is 825. The van der Waals surface area contributed by atoms with Crippen molar-refractivity contribution in [2.45, 2.75) is 32.9 Å². The molecule has 0 bridgehead atoms. The lowest BCUT2D eigenvalue weighted by Crippen LogP contribution is -2.45. The van der Waals surface area contributed by atoms with Crippen molar-refractivity contribution in [2.75, 3.05) is 0 Å². The van der Waals surface area contributed by atoms with Crippen molar-refractivity contribution in [3.05, 3.63) is 58.6 Å². The van der Waals surface area contributed by atoms with E-state index in [-0.39, 0.29) is 18.1 Å². The first-order valence-corrected chi connectivity index (χ1v) is 9.32. The summed E-state index contributed by atoms with van der Waals surface area (Å²) in [5, 5.41) is 6.74. The van der Waals surface area contributed by atoms with Crippen molar-refractivity contribution in [2.24, 2.45) is 0 Å². The third-order valence-corrected chi connectivity index (χ3v) is 5.22. The summed E-state index contributed by atoms with van der Waals surface area (Å²) in [6.07, 6.45) is -0.175. The smallest absolute Gasteiger partial charge is 0.338 e. The third-order valence-electron chi connectivity index (χ3n) is 3.80. The van der Waals surface area contributed by atoms with E-state index in [1.54, 1.807) is 11.3 Å². The maximum Gasteiger partial charge on any atom is 0.338 e. The van der Waals surface area contributed by atoms with Gasteiger partial charge in [0.2, 0.25) is 0 Å². The molecular weight excluding hydrogens is 352 g/mol. The number of thiophene rings is 1. The van der Waals surface area contributed by atoms with E-state index in [2.05, 4.69) is 28.8 Å². The van der Waals surface area contributed by atoms with Gasteiger partial charge < -0.3 is 15.4 Å². The molecule has 130 valence electrons. The van der Waals surface area contributed by atoms with Crippen LogP contribution in [0.4, 0.5) is 0 Å². The monoisotopic (exact) mass is 372 g/mol. The van der Waals surface area contributed by atoms with Gasteiger partial charge in [0.1, 0.15) is 0 Å². The Morgan fingerprint density at radius 1 is 1.20 bits per heavy atom. The highest BCUT2D eigenvalue weighted by molar-refractivity contribution is 7.80. The highest BCUT2D eigenvalue weighted by Gasteiger charge is 2.32. The fourth-order valence-electron chi connectivity index (χ4n) is 2.72. The summed E-state index contributed by atoms with van der Waals surface area (Å²) in [6, 6.07) is 14.0. The molecule has 0 saturated heterocycles. The Morgan fingerprint density at radius 3 is 2.60 bits per heavy atom. The van der Waals surface area contributed by atoms with E-state index in [1.165, 1.54) is 0 Å². The van der Waals surface area contributed by atoms with Crippen LogP contribution in [0.3, 0.4) is 0 Å². The maximum atomic E-state index is 12.6. The predicted octanol–water partition coefficient (Wildman–Crippen LogP) is 4.16. The minimum atomic E-state index is -0.324. The number of nitrogens with one attached hydrogen (secondary N) is 2. The number of esters is 1. The molecule has 0 amide bonds. The largest absolute Gasteiger partial charge is 0.459 e. The second kappa shape index (κ2) is 7.37. The van der Waals surface area contributed by atoms with Gasteiger partial charge in [-0.3, -0.25) is 0 Å². The molecule has 0 aliphatic carbocycles. The van der Waals surface area contributed by atoms with E-state index in [9.17, 15) is 4.79 Å². The standard InChI is InChI=1S/C19H20N2O2S2/c1-11(2)23-18(22)16-12(3)20-19(24)21-17(16)15-10-9-14(25-15)13-7-5-4-6-8-13/h4-11,17H,1-3H3,(H2,20,21,24)/t17-/m1/s1. The SMILES string of the molecule is CC1=C(C(=O)OC(C)C)[C@@H](c2ccc(-c3ccccc3)s2)NC(=S)N1. The van der Waals surface area contributed by atoms with E-state index in [0.29, 0.717) is 10.7 Å². The molecule has 1 aromatic heterocycles. The van der Waals surface area contributed by atoms with Gasteiger partial charge in [-0.25, -0.2) is 4.79 Å². The van der Waals surface area contributed by atoms with Crippen LogP contribution in [-0.4, -0.2) is 17.2 Å². The van der Waals surface area contributed by atoms with E-state index >= 15 is 0 Å². The molecule has 3 rings (SSSR count). The normalized spacial score (nSPS) is 17.3. The number of allylic oxidation sites excluding steroid dienone is 1. The van der Waals surface area contributed by atoms with Gasteiger partial charge in [0.25, 0.3) is 0 Å². The number of hydrogen-bond donors (Lipinski definition) is 2. The van der Waals surface area contributed by atoms with E-state index in [0.717, 1.165) is 21.0 Å². The average molecular weight is 373 g/mol. The Morgan fingerprint density at radius 2 is 1.92 bits per heavy atom. The number of hydrogen-bond acceptors (Lipinski definition) is 4. The summed E-state index contributed by atoms with van der Waals surface area (Å²) in [7, 11) is 0. The van der Waals surface area contributed by atoms with Crippen LogP contribution in [0.1, 0.15) is 31.7 Å². The van der Waals surface area contributed by atoms with Crippen LogP contribution in [0, 0.1) is 0 Å². The minimum absolute atomic E-state index is 0.175. The van der Waals surface area contributed by atoms with E-state index in [4.69, 9.17) is 17.0 Å². The third kappa shape index (κ3) is 3.91. The number of carbonyl (C=O) groups is 1. The molecule has 1 aliphatic heterocycles. The van der Waals surface area contributed by atoms with Crippen LogP contribution in [0.25, 0.3) is 10.4 Å². The first kappa shape index (κ1) is 17.6. The predicted molar refractivity (Wildman–Crippen MR) is 105 cm³/mol. The zero-order valence-electron chi connectivity index (χ0n) is 14.3. The second-order valence-corrected chi connectivity index (χ2v) is 7.62. The molecule has 1 aliphatic rings. The van der Waals surface area contributed by atoms with Crippen molar-refractivity contribution in [1.82, 2.24) is 10.6 Å². The molecule has 0 unspecified atom stereocenters. The van der Waals surface area contributed by atoms with E-state index in [1.807, 2.05) is 45.0 Å². The average Bonchev–Trinajstić information content (AvgIpc) is 3.04. The summed E-state index contributed by atoms with van der Waals surface area (Å²) in [4.78, 5) is 14.8. The molecule has 0 fully saturated rings. The molecule has 2 heterocycles. The number of benzene rings is 1. The van der Waals surface area contributed by atoms with Crippen molar-refractivity contribution in [3.8, 4) is 10.4 Å². The molecule has 0 saturated carbocycles. The Labute approximate surface area is 156 Å². The van der Waals surface area contributed by atoms with Crippen LogP contribution in [0.2, 0.25) is 0 Å². The molecule has 1 atom stereocenters. The fourth-order valence-corrected chi connectivity index (χ4v) is 4.07. The molecule has 2 aromatic rings. The van der Waals surface area contributed by atoms with Gasteiger partial charge in [0.05, 0.1) is 17.7 Å². The zero-order valence-corrected chi connectivity index (χ0v) is 16.0. The molecule has 0 radical (unpaired) electrons. The molecule has 4 nitrogen and oxygen atoms in total. The van der Waals surface area contributed by atoms with Gasteiger partial charge in [-0.05, 0) is 50.7 Å². The van der Waals surface area contributed by atoms with Gasteiger partial charge in [0.15, 0.2) is 5.11 Å². The van der Waals surface area contributed by atoms with Crippen molar-refractivity contribution < 1.29 is 9.53 Å². The number of thiocarbonyl (C=S) groups is 1. The molecule has 6 heteroatoms. The lowest BCUT2D eigenvalue weighted by Gasteiger charge is -2.29. The lowest BCUT2D eigenvalue weighted by atomic mass is 10.0. The fraction of sp³-hybridized carbons (Fsp3) is 0.263. The summed E-state index contributed by atoms with van der Waals surface area (Å²) in [5.74, 6) is -0.324. The summed E-state index contributed by atoms with van der Waals surface area (Å²) in [5.41, 5.74) is 2.46. The van der Waals surface area contributed by atoms with Crippen molar-refractivity contribution in [3.63, 3.8) is 0 Å². The van der Waals surface area contributed by atoms with Crippen LogP contribution < -0.4 is 10.6 Å². The molecule has 0 spiro atoms. The van der Waals surface area contributed by atoms with Crippen LogP contribution in [0.15, 0.2) is 53.7 Å². The Hall–Kier alpha value is -2.18. The highest BCUT2D eigenvalue weighted by Crippen LogP contribution is 2.36. The van der Waals surface area contributed by atoms with E-state index < -0.39 is 0 Å². The Balaban J connectivity index is 1.96. The minimum Gasteiger partial charge on any atom is -0.459 e. The van der Waals surface area contributed by atoms with Crippen molar-refractivity contribution in [1.29, 1.82) is 0 Å². The summed E-state index contributed by atoms with van der Waals surface area (Å²) >= 11 is 6.93. The van der Waals surface area contributed by atoms with Gasteiger partial charge in [-0.2, -0.15) is 0 Å². The second-order valence-electron chi connectivity index (χ2n) is 6.09. The number of rotatable bonds is 4. The summed E-state index contributed by atoms with van der Waals surface area (Å²) in [6.45, 7) is 5.54. The van der Waals surface area contributed by atoms with Crippen molar-refractivity contribution >= 4 is 34.6 Å². The highest BCUT2D eigenvalue weighted by atomic mass is 32.1. The molecular formula is C19H20N2O2S2. The number of carbonyl (C=O) groups excluding carboxylic acids is 1. The van der Waals surface area contributed by atoms with Gasteiger partial charge in [-0.15, -0.1) is 11.3 Å². The van der Waals surface area contributed by atoms with Gasteiger partial charge >= 0.3 is 5.97 Å². The van der Waals surface area contributed by atoms with Crippen LogP contribution >= 0.6 is 23.6 Å². The quantitative estimate of drug-likeness (QED) is 0.623. The lowest BCUT2D eigenvalue weighted by molar-refractivity contribution is -0.143. The Kier molecular flexibility index (Phi) is 5.20. The zero-order chi connectivity index (χ0) is 18.0. The number of ether oxygens (including phenoxy) is 1. The first-order valence-electron chi connectivity index (χ1n) is 8.10. The maximum absolute atomic E-state index is 12.6. The molecule has 1 aromatic carbocycles. The first-order chi connectivity index (χ1) is 12.0. The van der Waals surface area contributed by atoms with Gasteiger partial charge in [0, 0.05) is 15.5 Å². The van der Waals surface area contributed by atoms with Crippen LogP contribution in [-0.2, 0) is 9.53 Å². The molecule has 25 heavy (non-hydrogen) atoms. The van der Waals surface area contributed by atoms with Crippen LogP contribution in [0.5, 0.6) is 0 Å². The topological polar surface area (TPSA) is 50.4 Å². The van der Waals surface area contributed by atoms with Gasteiger partial charge in [-0.1, -0.05) is 30.3 Å².